The average molecular weight is 248 g/mol. The molecule has 0 radical (unpaired) electrons. The summed E-state index contributed by atoms with van der Waals surface area (Å²) < 4.78 is 2.04. The smallest absolute Gasteiger partial charge is 0.140 e. The zero-order chi connectivity index (χ0) is 12.8. The van der Waals surface area contributed by atoms with Crippen LogP contribution in [0.5, 0.6) is 0 Å². The number of aryl methyl sites for hydroxylation is 1. The van der Waals surface area contributed by atoms with Gasteiger partial charge in [-0.1, -0.05) is 6.07 Å². The number of nitrogens with one attached hydrogen (secondary N) is 1. The van der Waals surface area contributed by atoms with E-state index in [9.17, 15) is 0 Å². The fraction of sp³-hybridized carbons (Fsp3) is 0.0667. The number of pyridine rings is 1. The van der Waals surface area contributed by atoms with Gasteiger partial charge < -0.3 is 9.55 Å². The summed E-state index contributed by atoms with van der Waals surface area (Å²) in [5.41, 5.74) is 5.42. The van der Waals surface area contributed by atoms with Crippen molar-refractivity contribution in [3.8, 4) is 11.1 Å². The second-order valence-electron chi connectivity index (χ2n) is 4.66. The molecule has 0 spiro atoms. The van der Waals surface area contributed by atoms with Gasteiger partial charge in [-0.15, -0.1) is 0 Å². The van der Waals surface area contributed by atoms with Crippen LogP contribution in [-0.2, 0) is 7.05 Å². The van der Waals surface area contributed by atoms with Gasteiger partial charge in [0.15, 0.2) is 0 Å². The molecule has 0 unspecified atom stereocenters. The molecule has 0 saturated heterocycles. The minimum atomic E-state index is 0.988. The van der Waals surface area contributed by atoms with Crippen molar-refractivity contribution in [2.45, 2.75) is 0 Å². The van der Waals surface area contributed by atoms with E-state index < -0.39 is 0 Å². The lowest BCUT2D eigenvalue weighted by Gasteiger charge is -2.04. The monoisotopic (exact) mass is 248 g/mol. The number of hydrogen-bond acceptors (Lipinski definition) is 2. The maximum absolute atomic E-state index is 4.42. The molecule has 1 N–H and O–H groups in total. The molecule has 0 bridgehead atoms. The van der Waals surface area contributed by atoms with Gasteiger partial charge in [-0.3, -0.25) is 0 Å². The highest BCUT2D eigenvalue weighted by Gasteiger charge is 2.08. The fourth-order valence-electron chi connectivity index (χ4n) is 2.52. The summed E-state index contributed by atoms with van der Waals surface area (Å²) in [5.74, 6) is 0. The second-order valence-corrected chi connectivity index (χ2v) is 4.66. The van der Waals surface area contributed by atoms with Crippen molar-refractivity contribution in [3.63, 3.8) is 0 Å². The normalized spacial score (nSPS) is 11.4. The number of nitrogens with zero attached hydrogens (tertiary/aromatic N) is 3. The molecule has 19 heavy (non-hydrogen) atoms. The Kier molecular flexibility index (Phi) is 2.00. The van der Waals surface area contributed by atoms with Gasteiger partial charge in [0.25, 0.3) is 0 Å². The van der Waals surface area contributed by atoms with Gasteiger partial charge >= 0.3 is 0 Å². The largest absolute Gasteiger partial charge is 0.345 e. The SMILES string of the molecule is Cn1ccc2c(-c3ccc4nc[nH]c4c3)ccnc21. The van der Waals surface area contributed by atoms with E-state index in [-0.39, 0.29) is 0 Å². The Hall–Kier alpha value is -2.62. The minimum absolute atomic E-state index is 0.988. The topological polar surface area (TPSA) is 46.5 Å². The van der Waals surface area contributed by atoms with Crippen LogP contribution in [0, 0.1) is 0 Å². The van der Waals surface area contributed by atoms with Crippen molar-refractivity contribution in [2.24, 2.45) is 7.05 Å². The third-order valence-corrected chi connectivity index (χ3v) is 3.50. The van der Waals surface area contributed by atoms with E-state index in [2.05, 4.69) is 39.2 Å². The maximum Gasteiger partial charge on any atom is 0.140 e. The molecule has 3 heterocycles. The summed E-state index contributed by atoms with van der Waals surface area (Å²) in [5, 5.41) is 1.17. The van der Waals surface area contributed by atoms with Crippen molar-refractivity contribution >= 4 is 22.1 Å². The van der Waals surface area contributed by atoms with E-state index in [0.717, 1.165) is 16.7 Å². The van der Waals surface area contributed by atoms with Gasteiger partial charge in [0.2, 0.25) is 0 Å². The first kappa shape index (κ1) is 10.3. The number of benzene rings is 1. The van der Waals surface area contributed by atoms with Crippen LogP contribution < -0.4 is 0 Å². The summed E-state index contributed by atoms with van der Waals surface area (Å²) in [7, 11) is 2.01. The fourth-order valence-corrected chi connectivity index (χ4v) is 2.52. The molecule has 4 rings (SSSR count). The molecular weight excluding hydrogens is 236 g/mol. The van der Waals surface area contributed by atoms with Crippen molar-refractivity contribution in [1.29, 1.82) is 0 Å². The maximum atomic E-state index is 4.42. The Bertz CT molecular complexity index is 885. The summed E-state index contributed by atoms with van der Waals surface area (Å²) in [4.78, 5) is 11.8. The average Bonchev–Trinajstić information content (AvgIpc) is 3.05. The van der Waals surface area contributed by atoms with Crippen LogP contribution >= 0.6 is 0 Å². The molecule has 1 aromatic carbocycles. The Morgan fingerprint density at radius 2 is 2.05 bits per heavy atom. The number of aromatic amines is 1. The van der Waals surface area contributed by atoms with Crippen LogP contribution in [0.1, 0.15) is 0 Å². The Morgan fingerprint density at radius 3 is 3.00 bits per heavy atom. The Labute approximate surface area is 109 Å². The number of imidazole rings is 1. The van der Waals surface area contributed by atoms with E-state index in [1.165, 1.54) is 16.5 Å². The highest BCUT2D eigenvalue weighted by Crippen LogP contribution is 2.29. The molecule has 4 heteroatoms. The minimum Gasteiger partial charge on any atom is -0.345 e. The van der Waals surface area contributed by atoms with Crippen LogP contribution in [0.15, 0.2) is 49.1 Å². The van der Waals surface area contributed by atoms with Crippen molar-refractivity contribution in [1.82, 2.24) is 19.5 Å². The molecular formula is C15H12N4. The second kappa shape index (κ2) is 3.68. The van der Waals surface area contributed by atoms with Gasteiger partial charge in [0.1, 0.15) is 5.65 Å². The molecule has 92 valence electrons. The number of H-pyrrole nitrogens is 1. The predicted octanol–water partition coefficient (Wildman–Crippen LogP) is 3.12. The molecule has 0 aliphatic carbocycles. The lowest BCUT2D eigenvalue weighted by molar-refractivity contribution is 0.949. The molecule has 0 atom stereocenters. The zero-order valence-electron chi connectivity index (χ0n) is 10.5. The summed E-state index contributed by atoms with van der Waals surface area (Å²) in [6.45, 7) is 0. The summed E-state index contributed by atoms with van der Waals surface area (Å²) in [6.07, 6.45) is 5.61. The molecule has 0 aliphatic heterocycles. The van der Waals surface area contributed by atoms with Crippen molar-refractivity contribution in [2.75, 3.05) is 0 Å². The van der Waals surface area contributed by atoms with Crippen LogP contribution in [-0.4, -0.2) is 19.5 Å². The number of hydrogen-bond donors (Lipinski definition) is 1. The number of aromatic nitrogens is 4. The van der Waals surface area contributed by atoms with E-state index >= 15 is 0 Å². The zero-order valence-corrected chi connectivity index (χ0v) is 10.5. The molecule has 0 fully saturated rings. The molecule has 4 nitrogen and oxygen atoms in total. The lowest BCUT2D eigenvalue weighted by atomic mass is 10.0. The standard InChI is InChI=1S/C15H12N4/c1-19-7-5-12-11(4-6-16-15(12)19)10-2-3-13-14(8-10)18-9-17-13/h2-9H,1H3,(H,17,18). The molecule has 0 saturated carbocycles. The quantitative estimate of drug-likeness (QED) is 0.562. The predicted molar refractivity (Wildman–Crippen MR) is 75.8 cm³/mol. The number of rotatable bonds is 1. The molecule has 0 aliphatic rings. The van der Waals surface area contributed by atoms with Gasteiger partial charge in [0.05, 0.1) is 17.4 Å². The van der Waals surface area contributed by atoms with Crippen LogP contribution in [0.4, 0.5) is 0 Å². The van der Waals surface area contributed by atoms with Crippen molar-refractivity contribution in [3.05, 3.63) is 49.1 Å². The van der Waals surface area contributed by atoms with Crippen LogP contribution in [0.2, 0.25) is 0 Å². The van der Waals surface area contributed by atoms with Gasteiger partial charge in [-0.25, -0.2) is 9.97 Å². The Balaban J connectivity index is 2.02. The highest BCUT2D eigenvalue weighted by atomic mass is 15.0. The molecule has 3 aromatic heterocycles. The molecule has 0 amide bonds. The van der Waals surface area contributed by atoms with E-state index in [1.54, 1.807) is 6.33 Å². The lowest BCUT2D eigenvalue weighted by Crippen LogP contribution is -1.88. The summed E-state index contributed by atoms with van der Waals surface area (Å²) in [6, 6.07) is 10.4. The molecule has 4 aromatic rings. The Morgan fingerprint density at radius 1 is 1.11 bits per heavy atom. The highest BCUT2D eigenvalue weighted by molar-refractivity contribution is 5.95. The van der Waals surface area contributed by atoms with Gasteiger partial charge in [-0.05, 0) is 35.4 Å². The summed E-state index contributed by atoms with van der Waals surface area (Å²) >= 11 is 0. The van der Waals surface area contributed by atoms with Crippen LogP contribution in [0.25, 0.3) is 33.2 Å². The first-order chi connectivity index (χ1) is 9.33. The van der Waals surface area contributed by atoms with Gasteiger partial charge in [0, 0.05) is 24.8 Å². The first-order valence-electron chi connectivity index (χ1n) is 6.16. The first-order valence-corrected chi connectivity index (χ1v) is 6.16. The third-order valence-electron chi connectivity index (χ3n) is 3.50. The van der Waals surface area contributed by atoms with Gasteiger partial charge in [-0.2, -0.15) is 0 Å². The van der Waals surface area contributed by atoms with E-state index in [4.69, 9.17) is 0 Å². The van der Waals surface area contributed by atoms with E-state index in [0.29, 0.717) is 0 Å². The van der Waals surface area contributed by atoms with E-state index in [1.807, 2.05) is 30.1 Å². The third kappa shape index (κ3) is 1.46. The van der Waals surface area contributed by atoms with Crippen LogP contribution in [0.3, 0.4) is 0 Å². The van der Waals surface area contributed by atoms with Crippen molar-refractivity contribution < 1.29 is 0 Å². The number of fused-ring (bicyclic) bond motifs is 2.